The van der Waals surface area contributed by atoms with E-state index in [2.05, 4.69) is 39.9 Å². The second kappa shape index (κ2) is 10.5. The van der Waals surface area contributed by atoms with Gasteiger partial charge >= 0.3 is 0 Å². The van der Waals surface area contributed by atoms with Gasteiger partial charge in [-0.1, -0.05) is 30.3 Å². The first kappa shape index (κ1) is 20.0. The zero-order valence-corrected chi connectivity index (χ0v) is 16.6. The molecule has 1 fully saturated rings. The number of nitrogens with zero attached hydrogens (tertiary/aromatic N) is 2. The van der Waals surface area contributed by atoms with Crippen molar-refractivity contribution < 1.29 is 9.53 Å². The summed E-state index contributed by atoms with van der Waals surface area (Å²) in [5, 5.41) is 8.73. The molecular formula is C22H30N4O2. The third-order valence-corrected chi connectivity index (χ3v) is 4.94. The quantitative estimate of drug-likeness (QED) is 0.439. The van der Waals surface area contributed by atoms with Crippen molar-refractivity contribution in [3.05, 3.63) is 42.5 Å². The molecule has 0 unspecified atom stereocenters. The van der Waals surface area contributed by atoms with Crippen LogP contribution in [0.25, 0.3) is 10.8 Å². The summed E-state index contributed by atoms with van der Waals surface area (Å²) in [4.78, 5) is 18.3. The maximum Gasteiger partial charge on any atom is 0.241 e. The molecule has 0 atom stereocenters. The second-order valence-electron chi connectivity index (χ2n) is 7.00. The number of carbonyl (C=O) groups is 1. The van der Waals surface area contributed by atoms with Gasteiger partial charge in [-0.25, -0.2) is 0 Å². The van der Waals surface area contributed by atoms with Gasteiger partial charge in [0.15, 0.2) is 5.96 Å². The lowest BCUT2D eigenvalue weighted by Gasteiger charge is -2.27. The van der Waals surface area contributed by atoms with Crippen LogP contribution < -0.4 is 15.4 Å². The number of fused-ring (bicyclic) bond motifs is 1. The number of benzene rings is 2. The number of likely N-dealkylation sites (tertiary alicyclic amines) is 1. The highest BCUT2D eigenvalue weighted by atomic mass is 16.5. The molecule has 0 spiro atoms. The van der Waals surface area contributed by atoms with Gasteiger partial charge < -0.3 is 20.3 Å². The van der Waals surface area contributed by atoms with Crippen molar-refractivity contribution in [3.63, 3.8) is 0 Å². The minimum Gasteiger partial charge on any atom is -0.494 e. The normalized spacial score (nSPS) is 14.8. The molecule has 3 rings (SSSR count). The maximum absolute atomic E-state index is 12.2. The van der Waals surface area contributed by atoms with Crippen LogP contribution in [0, 0.1) is 0 Å². The second-order valence-corrected chi connectivity index (χ2v) is 7.00. The molecule has 1 heterocycles. The number of guanidine groups is 1. The summed E-state index contributed by atoms with van der Waals surface area (Å²) < 4.78 is 5.85. The molecule has 6 nitrogen and oxygen atoms in total. The molecule has 6 heteroatoms. The van der Waals surface area contributed by atoms with Crippen molar-refractivity contribution in [1.82, 2.24) is 15.5 Å². The van der Waals surface area contributed by atoms with Crippen molar-refractivity contribution in [2.24, 2.45) is 4.99 Å². The molecule has 1 aliphatic rings. The molecular weight excluding hydrogens is 352 g/mol. The highest BCUT2D eigenvalue weighted by Gasteiger charge is 2.16. The van der Waals surface area contributed by atoms with E-state index in [0.717, 1.165) is 44.6 Å². The van der Waals surface area contributed by atoms with Gasteiger partial charge in [-0.2, -0.15) is 0 Å². The largest absolute Gasteiger partial charge is 0.494 e. The van der Waals surface area contributed by atoms with Crippen molar-refractivity contribution in [3.8, 4) is 5.75 Å². The predicted molar refractivity (Wildman–Crippen MR) is 114 cm³/mol. The van der Waals surface area contributed by atoms with Gasteiger partial charge in [0.05, 0.1) is 13.2 Å². The summed E-state index contributed by atoms with van der Waals surface area (Å²) in [6, 6.07) is 14.4. The fourth-order valence-corrected chi connectivity index (χ4v) is 3.36. The molecule has 0 aliphatic carbocycles. The number of piperidine rings is 1. The van der Waals surface area contributed by atoms with E-state index < -0.39 is 0 Å². The van der Waals surface area contributed by atoms with E-state index in [4.69, 9.17) is 4.74 Å². The molecule has 1 saturated heterocycles. The number of nitrogens with one attached hydrogen (secondary N) is 2. The number of rotatable bonds is 7. The SMILES string of the molecule is CN=C(NCCCOc1ccc2ccccc2c1)NCC(=O)N1CCCCC1. The number of hydrogen-bond donors (Lipinski definition) is 2. The van der Waals surface area contributed by atoms with Crippen molar-refractivity contribution in [2.75, 3.05) is 39.8 Å². The third-order valence-electron chi connectivity index (χ3n) is 4.94. The Hall–Kier alpha value is -2.76. The fourth-order valence-electron chi connectivity index (χ4n) is 3.36. The van der Waals surface area contributed by atoms with Crippen LogP contribution in [0.15, 0.2) is 47.5 Å². The Morgan fingerprint density at radius 2 is 1.86 bits per heavy atom. The summed E-state index contributed by atoms with van der Waals surface area (Å²) in [6.07, 6.45) is 4.28. The van der Waals surface area contributed by atoms with Crippen LogP contribution in [0.1, 0.15) is 25.7 Å². The first-order valence-electron chi connectivity index (χ1n) is 10.1. The van der Waals surface area contributed by atoms with Gasteiger partial charge in [0, 0.05) is 26.7 Å². The van der Waals surface area contributed by atoms with Gasteiger partial charge in [-0.3, -0.25) is 9.79 Å². The van der Waals surface area contributed by atoms with E-state index in [0.29, 0.717) is 12.6 Å². The number of ether oxygens (including phenoxy) is 1. The van der Waals surface area contributed by atoms with Gasteiger partial charge in [0.25, 0.3) is 0 Å². The van der Waals surface area contributed by atoms with E-state index in [-0.39, 0.29) is 12.5 Å². The van der Waals surface area contributed by atoms with Gasteiger partial charge in [0.1, 0.15) is 5.75 Å². The number of carbonyl (C=O) groups excluding carboxylic acids is 1. The van der Waals surface area contributed by atoms with Crippen molar-refractivity contribution >= 4 is 22.6 Å². The maximum atomic E-state index is 12.2. The molecule has 1 aliphatic heterocycles. The van der Waals surface area contributed by atoms with Crippen LogP contribution in [0.4, 0.5) is 0 Å². The molecule has 0 aromatic heterocycles. The molecule has 0 saturated carbocycles. The Kier molecular flexibility index (Phi) is 7.53. The van der Waals surface area contributed by atoms with Gasteiger partial charge in [-0.15, -0.1) is 0 Å². The van der Waals surface area contributed by atoms with Crippen LogP contribution in [0.5, 0.6) is 5.75 Å². The Balaban J connectivity index is 1.33. The van der Waals surface area contributed by atoms with E-state index in [1.807, 2.05) is 23.1 Å². The zero-order valence-electron chi connectivity index (χ0n) is 16.6. The molecule has 2 aromatic rings. The highest BCUT2D eigenvalue weighted by molar-refractivity contribution is 5.86. The van der Waals surface area contributed by atoms with Crippen LogP contribution >= 0.6 is 0 Å². The summed E-state index contributed by atoms with van der Waals surface area (Å²) >= 11 is 0. The highest BCUT2D eigenvalue weighted by Crippen LogP contribution is 2.20. The van der Waals surface area contributed by atoms with Gasteiger partial charge in [-0.05, 0) is 48.6 Å². The number of hydrogen-bond acceptors (Lipinski definition) is 3. The Morgan fingerprint density at radius 3 is 2.64 bits per heavy atom. The predicted octanol–water partition coefficient (Wildman–Crippen LogP) is 2.79. The number of amides is 1. The summed E-state index contributed by atoms with van der Waals surface area (Å²) in [5.74, 6) is 1.67. The van der Waals surface area contributed by atoms with E-state index in [9.17, 15) is 4.79 Å². The molecule has 28 heavy (non-hydrogen) atoms. The summed E-state index contributed by atoms with van der Waals surface area (Å²) in [7, 11) is 1.71. The Labute approximate surface area is 167 Å². The average molecular weight is 383 g/mol. The van der Waals surface area contributed by atoms with Crippen molar-refractivity contribution in [2.45, 2.75) is 25.7 Å². The first-order valence-corrected chi connectivity index (χ1v) is 10.1. The minimum atomic E-state index is 0.141. The molecule has 2 aromatic carbocycles. The Morgan fingerprint density at radius 1 is 1.07 bits per heavy atom. The summed E-state index contributed by atoms with van der Waals surface area (Å²) in [5.41, 5.74) is 0. The van der Waals surface area contributed by atoms with E-state index >= 15 is 0 Å². The molecule has 0 bridgehead atoms. The van der Waals surface area contributed by atoms with Crippen LogP contribution in [0.2, 0.25) is 0 Å². The van der Waals surface area contributed by atoms with E-state index in [1.165, 1.54) is 17.2 Å². The number of aliphatic imine (C=N–C) groups is 1. The molecule has 1 amide bonds. The van der Waals surface area contributed by atoms with Crippen molar-refractivity contribution in [1.29, 1.82) is 0 Å². The fraction of sp³-hybridized carbons (Fsp3) is 0.455. The monoisotopic (exact) mass is 382 g/mol. The molecule has 0 radical (unpaired) electrons. The topological polar surface area (TPSA) is 66.0 Å². The third kappa shape index (κ3) is 5.87. The smallest absolute Gasteiger partial charge is 0.241 e. The van der Waals surface area contributed by atoms with Crippen LogP contribution in [0.3, 0.4) is 0 Å². The van der Waals surface area contributed by atoms with Crippen LogP contribution in [-0.4, -0.2) is 56.6 Å². The van der Waals surface area contributed by atoms with Gasteiger partial charge in [0.2, 0.25) is 5.91 Å². The van der Waals surface area contributed by atoms with Crippen LogP contribution in [-0.2, 0) is 4.79 Å². The standard InChI is InChI=1S/C22H30N4O2/c1-23-22(25-17-21(27)26-13-5-2-6-14-26)24-12-7-15-28-20-11-10-18-8-3-4-9-19(18)16-20/h3-4,8-11,16H,2,5-7,12-15,17H2,1H3,(H2,23,24,25). The lowest BCUT2D eigenvalue weighted by molar-refractivity contribution is -0.130. The van der Waals surface area contributed by atoms with E-state index in [1.54, 1.807) is 7.05 Å². The average Bonchev–Trinajstić information content (AvgIpc) is 2.76. The minimum absolute atomic E-state index is 0.141. The summed E-state index contributed by atoms with van der Waals surface area (Å²) in [6.45, 7) is 3.38. The zero-order chi connectivity index (χ0) is 19.6. The molecule has 2 N–H and O–H groups in total. The molecule has 150 valence electrons. The lowest BCUT2D eigenvalue weighted by Crippen LogP contribution is -2.46. The first-order chi connectivity index (χ1) is 13.8. The lowest BCUT2D eigenvalue weighted by atomic mass is 10.1. The Bertz CT molecular complexity index is 800.